The van der Waals surface area contributed by atoms with Crippen LogP contribution in [-0.2, 0) is 0 Å². The molecule has 0 atom stereocenters. The van der Waals surface area contributed by atoms with Gasteiger partial charge in [-0.1, -0.05) is 25.2 Å². The van der Waals surface area contributed by atoms with Crippen molar-refractivity contribution in [1.29, 1.82) is 0 Å². The number of nitrogens with two attached hydrogens (primary N) is 1. The topological polar surface area (TPSA) is 81.2 Å². The third kappa shape index (κ3) is 3.12. The van der Waals surface area contributed by atoms with Crippen LogP contribution in [0.2, 0.25) is 0 Å². The maximum Gasteiger partial charge on any atom is 0.285 e. The molecule has 0 heterocycles. The van der Waals surface area contributed by atoms with Gasteiger partial charge in [0.1, 0.15) is 0 Å². The van der Waals surface area contributed by atoms with Gasteiger partial charge in [-0.2, -0.15) is 0 Å². The van der Waals surface area contributed by atoms with E-state index in [1.807, 2.05) is 18.2 Å². The molecule has 5 nitrogen and oxygen atoms in total. The molecule has 0 aromatic heterocycles. The van der Waals surface area contributed by atoms with Crippen LogP contribution in [-0.4, -0.2) is 4.92 Å². The highest BCUT2D eigenvalue weighted by Crippen LogP contribution is 2.11. The summed E-state index contributed by atoms with van der Waals surface area (Å²) in [6, 6.07) is 0. The van der Waals surface area contributed by atoms with Crippen molar-refractivity contribution in [2.24, 2.45) is 5.73 Å². The Kier molecular flexibility index (Phi) is 3.91. The number of nitrogens with one attached hydrogen (secondary N) is 1. The number of nitro groups is 1. The molecule has 1 aliphatic rings. The predicted octanol–water partition coefficient (Wildman–Crippen LogP) is 1.62. The summed E-state index contributed by atoms with van der Waals surface area (Å²) in [5.74, 6) is 0.143. The average molecular weight is 209 g/mol. The molecule has 1 aliphatic carbocycles. The van der Waals surface area contributed by atoms with Crippen LogP contribution in [0.15, 0.2) is 35.4 Å². The molecule has 0 unspecified atom stereocenters. The second-order valence-electron chi connectivity index (χ2n) is 3.24. The predicted molar refractivity (Wildman–Crippen MR) is 58.1 cm³/mol. The quantitative estimate of drug-likeness (QED) is 0.419. The van der Waals surface area contributed by atoms with E-state index >= 15 is 0 Å². The molecule has 0 bridgehead atoms. The highest BCUT2D eigenvalue weighted by Gasteiger charge is 2.14. The van der Waals surface area contributed by atoms with Crippen LogP contribution in [0.25, 0.3) is 0 Å². The Bertz CT molecular complexity index is 343. The molecule has 5 heteroatoms. The van der Waals surface area contributed by atoms with Gasteiger partial charge in [-0.25, -0.2) is 0 Å². The minimum Gasteiger partial charge on any atom is -0.380 e. The van der Waals surface area contributed by atoms with Gasteiger partial charge in [0.15, 0.2) is 5.82 Å². The number of nitrogens with zero attached hydrogens (tertiary/aromatic N) is 1. The largest absolute Gasteiger partial charge is 0.380 e. The molecule has 0 spiro atoms. The van der Waals surface area contributed by atoms with Crippen LogP contribution >= 0.6 is 0 Å². The first kappa shape index (κ1) is 11.3. The summed E-state index contributed by atoms with van der Waals surface area (Å²) in [6.07, 6.45) is 7.92. The van der Waals surface area contributed by atoms with Gasteiger partial charge in [0, 0.05) is 18.5 Å². The minimum absolute atomic E-state index is 0.0328. The molecular weight excluding hydrogens is 194 g/mol. The first-order chi connectivity index (χ1) is 7.15. The van der Waals surface area contributed by atoms with E-state index in [0.717, 1.165) is 18.5 Å². The lowest BCUT2D eigenvalue weighted by Gasteiger charge is -2.11. The van der Waals surface area contributed by atoms with Crippen LogP contribution < -0.4 is 11.1 Å². The highest BCUT2D eigenvalue weighted by molar-refractivity contribution is 5.18. The molecule has 0 radical (unpaired) electrons. The Morgan fingerprint density at radius 2 is 2.40 bits per heavy atom. The fraction of sp³-hybridized carbons (Fsp3) is 0.400. The lowest BCUT2D eigenvalue weighted by atomic mass is 10.1. The van der Waals surface area contributed by atoms with E-state index in [9.17, 15) is 10.1 Å². The summed E-state index contributed by atoms with van der Waals surface area (Å²) in [5, 5.41) is 13.5. The summed E-state index contributed by atoms with van der Waals surface area (Å²) in [6.45, 7) is 1.71. The van der Waals surface area contributed by atoms with Crippen molar-refractivity contribution in [3.63, 3.8) is 0 Å². The first-order valence-electron chi connectivity index (χ1n) is 4.89. The smallest absolute Gasteiger partial charge is 0.285 e. The minimum atomic E-state index is -0.443. The monoisotopic (exact) mass is 209 g/mol. The van der Waals surface area contributed by atoms with Crippen LogP contribution in [0.4, 0.5) is 0 Å². The molecule has 3 N–H and O–H groups in total. The van der Waals surface area contributed by atoms with Gasteiger partial charge in [0.05, 0.1) is 4.92 Å². The third-order valence-corrected chi connectivity index (χ3v) is 2.17. The van der Waals surface area contributed by atoms with Gasteiger partial charge in [-0.15, -0.1) is 0 Å². The van der Waals surface area contributed by atoms with Gasteiger partial charge >= 0.3 is 0 Å². The second-order valence-corrected chi connectivity index (χ2v) is 3.24. The summed E-state index contributed by atoms with van der Waals surface area (Å²) >= 11 is 0. The lowest BCUT2D eigenvalue weighted by Crippen LogP contribution is -2.24. The maximum atomic E-state index is 10.6. The first-order valence-corrected chi connectivity index (χ1v) is 4.89. The Morgan fingerprint density at radius 1 is 1.67 bits per heavy atom. The van der Waals surface area contributed by atoms with E-state index in [-0.39, 0.29) is 11.5 Å². The zero-order chi connectivity index (χ0) is 11.3. The standard InChI is InChI=1S/C10H15N3O2/c1-2-9(13(14)15)10(11)12-8-6-4-3-5-7-8/h3-4,7,12H,2,5-6,11H2,1H3. The molecule has 0 aromatic rings. The van der Waals surface area contributed by atoms with Crippen LogP contribution in [0.3, 0.4) is 0 Å². The van der Waals surface area contributed by atoms with Gasteiger partial charge in [-0.05, 0) is 6.42 Å². The van der Waals surface area contributed by atoms with Crippen molar-refractivity contribution < 1.29 is 4.92 Å². The van der Waals surface area contributed by atoms with Crippen LogP contribution in [0.1, 0.15) is 26.2 Å². The van der Waals surface area contributed by atoms with Gasteiger partial charge in [-0.3, -0.25) is 10.1 Å². The van der Waals surface area contributed by atoms with Gasteiger partial charge < -0.3 is 11.1 Å². The molecule has 82 valence electrons. The number of hydrogen-bond acceptors (Lipinski definition) is 4. The molecular formula is C10H15N3O2. The summed E-state index contributed by atoms with van der Waals surface area (Å²) in [7, 11) is 0. The third-order valence-electron chi connectivity index (χ3n) is 2.17. The second kappa shape index (κ2) is 5.19. The molecule has 0 fully saturated rings. The lowest BCUT2D eigenvalue weighted by molar-refractivity contribution is -0.429. The van der Waals surface area contributed by atoms with Crippen molar-refractivity contribution in [2.45, 2.75) is 26.2 Å². The summed E-state index contributed by atoms with van der Waals surface area (Å²) in [4.78, 5) is 10.2. The zero-order valence-corrected chi connectivity index (χ0v) is 8.69. The normalized spacial score (nSPS) is 16.7. The number of rotatable bonds is 4. The van der Waals surface area contributed by atoms with E-state index in [1.165, 1.54) is 0 Å². The Balaban J connectivity index is 2.71. The molecule has 15 heavy (non-hydrogen) atoms. The zero-order valence-electron chi connectivity index (χ0n) is 8.69. The Morgan fingerprint density at radius 3 is 2.87 bits per heavy atom. The molecule has 0 saturated heterocycles. The molecule has 0 amide bonds. The number of allylic oxidation sites excluding steroid dienone is 4. The Hall–Kier alpha value is -1.78. The maximum absolute atomic E-state index is 10.6. The van der Waals surface area contributed by atoms with Crippen molar-refractivity contribution in [1.82, 2.24) is 5.32 Å². The van der Waals surface area contributed by atoms with E-state index in [0.29, 0.717) is 6.42 Å². The highest BCUT2D eigenvalue weighted by atomic mass is 16.6. The average Bonchev–Trinajstić information content (AvgIpc) is 2.19. The van der Waals surface area contributed by atoms with Crippen molar-refractivity contribution in [3.05, 3.63) is 45.6 Å². The van der Waals surface area contributed by atoms with Crippen molar-refractivity contribution >= 4 is 0 Å². The van der Waals surface area contributed by atoms with Crippen molar-refractivity contribution in [3.8, 4) is 0 Å². The SMILES string of the molecule is CCC(=C(N)NC1=CCC=CC1)[N+](=O)[O-]. The molecule has 0 aromatic carbocycles. The van der Waals surface area contributed by atoms with E-state index in [1.54, 1.807) is 6.92 Å². The van der Waals surface area contributed by atoms with E-state index < -0.39 is 4.92 Å². The summed E-state index contributed by atoms with van der Waals surface area (Å²) in [5.41, 5.74) is 6.57. The fourth-order valence-electron chi connectivity index (χ4n) is 1.37. The van der Waals surface area contributed by atoms with Gasteiger partial charge in [0.2, 0.25) is 0 Å². The Labute approximate surface area is 88.5 Å². The van der Waals surface area contributed by atoms with E-state index in [4.69, 9.17) is 5.73 Å². The molecule has 0 saturated carbocycles. The van der Waals surface area contributed by atoms with Crippen molar-refractivity contribution in [2.75, 3.05) is 0 Å². The molecule has 0 aliphatic heterocycles. The molecule has 1 rings (SSSR count). The van der Waals surface area contributed by atoms with E-state index in [2.05, 4.69) is 5.32 Å². The van der Waals surface area contributed by atoms with Crippen LogP contribution in [0.5, 0.6) is 0 Å². The number of hydrogen-bond donors (Lipinski definition) is 2. The van der Waals surface area contributed by atoms with Crippen LogP contribution in [0, 0.1) is 10.1 Å². The fourth-order valence-corrected chi connectivity index (χ4v) is 1.37. The summed E-state index contributed by atoms with van der Waals surface area (Å²) < 4.78 is 0. The van der Waals surface area contributed by atoms with Gasteiger partial charge in [0.25, 0.3) is 5.70 Å².